The van der Waals surface area contributed by atoms with Gasteiger partial charge in [0.05, 0.1) is 16.0 Å². The molecule has 0 bridgehead atoms. The molecule has 1 aromatic carbocycles. The van der Waals surface area contributed by atoms with Crippen LogP contribution in [0.4, 0.5) is 15.8 Å². The lowest BCUT2D eigenvalue weighted by molar-refractivity contribution is -0.384. The second-order valence-electron chi connectivity index (χ2n) is 3.64. The van der Waals surface area contributed by atoms with Crippen LogP contribution in [0.25, 0.3) is 0 Å². The number of aliphatic carboxylic acids is 1. The largest absolute Gasteiger partial charge is 0.480 e. The summed E-state index contributed by atoms with van der Waals surface area (Å²) in [5.41, 5.74) is -0.589. The van der Waals surface area contributed by atoms with Crippen molar-refractivity contribution in [1.29, 1.82) is 0 Å². The van der Waals surface area contributed by atoms with Gasteiger partial charge in [0.15, 0.2) is 0 Å². The first-order valence-electron chi connectivity index (χ1n) is 4.84. The Morgan fingerprint density at radius 3 is 2.61 bits per heavy atom. The average Bonchev–Trinajstić information content (AvgIpc) is 2.29. The van der Waals surface area contributed by atoms with E-state index >= 15 is 0 Å². The van der Waals surface area contributed by atoms with Crippen molar-refractivity contribution in [2.45, 2.75) is 13.0 Å². The average molecular weight is 277 g/mol. The van der Waals surface area contributed by atoms with Crippen LogP contribution < -0.4 is 4.90 Å². The molecule has 0 amide bonds. The van der Waals surface area contributed by atoms with Crippen LogP contribution >= 0.6 is 11.6 Å². The van der Waals surface area contributed by atoms with Gasteiger partial charge in [0.2, 0.25) is 0 Å². The number of anilines is 1. The monoisotopic (exact) mass is 276 g/mol. The Bertz CT molecular complexity index is 509. The van der Waals surface area contributed by atoms with Gasteiger partial charge in [0.25, 0.3) is 5.69 Å². The number of nitro benzene ring substituents is 1. The molecule has 0 saturated carbocycles. The van der Waals surface area contributed by atoms with Crippen LogP contribution in [0.2, 0.25) is 5.02 Å². The van der Waals surface area contributed by atoms with Crippen LogP contribution in [0, 0.1) is 15.9 Å². The van der Waals surface area contributed by atoms with Crippen LogP contribution in [-0.4, -0.2) is 29.1 Å². The second kappa shape index (κ2) is 5.18. The highest BCUT2D eigenvalue weighted by atomic mass is 35.5. The van der Waals surface area contributed by atoms with E-state index in [4.69, 9.17) is 16.7 Å². The molecule has 0 aliphatic carbocycles. The Labute approximate surface area is 107 Å². The van der Waals surface area contributed by atoms with Crippen molar-refractivity contribution in [3.8, 4) is 0 Å². The van der Waals surface area contributed by atoms with E-state index in [2.05, 4.69) is 0 Å². The molecule has 1 aromatic rings. The van der Waals surface area contributed by atoms with E-state index < -0.39 is 28.4 Å². The van der Waals surface area contributed by atoms with Gasteiger partial charge < -0.3 is 10.0 Å². The van der Waals surface area contributed by atoms with E-state index in [-0.39, 0.29) is 10.7 Å². The third-order valence-electron chi connectivity index (χ3n) is 2.53. The van der Waals surface area contributed by atoms with Crippen molar-refractivity contribution in [3.63, 3.8) is 0 Å². The van der Waals surface area contributed by atoms with Gasteiger partial charge >= 0.3 is 5.97 Å². The van der Waals surface area contributed by atoms with Crippen LogP contribution in [0.15, 0.2) is 12.1 Å². The van der Waals surface area contributed by atoms with Crippen LogP contribution in [0.3, 0.4) is 0 Å². The Morgan fingerprint density at radius 1 is 1.61 bits per heavy atom. The minimum absolute atomic E-state index is 0.0544. The smallest absolute Gasteiger partial charge is 0.326 e. The molecular formula is C10H10ClFN2O4. The van der Waals surface area contributed by atoms with Crippen LogP contribution in [-0.2, 0) is 4.79 Å². The number of carboxylic acids is 1. The van der Waals surface area contributed by atoms with Gasteiger partial charge in [-0.25, -0.2) is 9.18 Å². The lowest BCUT2D eigenvalue weighted by Gasteiger charge is -2.23. The van der Waals surface area contributed by atoms with Crippen molar-refractivity contribution in [2.24, 2.45) is 0 Å². The first-order chi connectivity index (χ1) is 8.25. The van der Waals surface area contributed by atoms with Gasteiger partial charge in [-0.05, 0) is 13.0 Å². The molecule has 0 aromatic heterocycles. The third kappa shape index (κ3) is 2.67. The summed E-state index contributed by atoms with van der Waals surface area (Å²) in [7, 11) is 1.36. The molecule has 1 N–H and O–H groups in total. The number of hydrogen-bond donors (Lipinski definition) is 1. The summed E-state index contributed by atoms with van der Waals surface area (Å²) in [5, 5.41) is 19.3. The predicted octanol–water partition coefficient (Wildman–Crippen LogP) is 2.30. The highest BCUT2D eigenvalue weighted by molar-refractivity contribution is 6.31. The summed E-state index contributed by atoms with van der Waals surface area (Å²) in [4.78, 5) is 22.0. The van der Waals surface area contributed by atoms with Gasteiger partial charge in [-0.2, -0.15) is 0 Å². The fraction of sp³-hybridized carbons (Fsp3) is 0.300. The molecule has 0 fully saturated rings. The summed E-state index contributed by atoms with van der Waals surface area (Å²) in [5.74, 6) is -2.09. The minimum Gasteiger partial charge on any atom is -0.480 e. The summed E-state index contributed by atoms with van der Waals surface area (Å²) < 4.78 is 13.2. The van der Waals surface area contributed by atoms with E-state index in [0.717, 1.165) is 11.0 Å². The van der Waals surface area contributed by atoms with Crippen molar-refractivity contribution in [2.75, 3.05) is 11.9 Å². The van der Waals surface area contributed by atoms with E-state index in [1.807, 2.05) is 0 Å². The molecule has 0 heterocycles. The lowest BCUT2D eigenvalue weighted by Crippen LogP contribution is -2.36. The molecule has 6 nitrogen and oxygen atoms in total. The normalized spacial score (nSPS) is 12.0. The fourth-order valence-corrected chi connectivity index (χ4v) is 1.49. The summed E-state index contributed by atoms with van der Waals surface area (Å²) in [6.45, 7) is 1.35. The lowest BCUT2D eigenvalue weighted by atomic mass is 10.2. The Hall–Kier alpha value is -1.89. The maximum absolute atomic E-state index is 13.2. The molecule has 0 radical (unpaired) electrons. The Morgan fingerprint density at radius 2 is 2.17 bits per heavy atom. The topological polar surface area (TPSA) is 83.7 Å². The molecule has 18 heavy (non-hydrogen) atoms. The number of rotatable bonds is 4. The van der Waals surface area contributed by atoms with Gasteiger partial charge in [-0.1, -0.05) is 11.6 Å². The first kappa shape index (κ1) is 14.2. The van der Waals surface area contributed by atoms with E-state index in [9.17, 15) is 19.3 Å². The number of nitro groups is 1. The van der Waals surface area contributed by atoms with Crippen LogP contribution in [0.1, 0.15) is 6.92 Å². The Kier molecular flexibility index (Phi) is 4.07. The number of likely N-dealkylation sites (N-methyl/N-ethyl adjacent to an activating group) is 1. The van der Waals surface area contributed by atoms with Crippen molar-refractivity contribution >= 4 is 28.9 Å². The number of benzene rings is 1. The van der Waals surface area contributed by atoms with Crippen LogP contribution in [0.5, 0.6) is 0 Å². The molecule has 1 unspecified atom stereocenters. The maximum Gasteiger partial charge on any atom is 0.326 e. The molecule has 0 aliphatic heterocycles. The highest BCUT2D eigenvalue weighted by Crippen LogP contribution is 2.33. The van der Waals surface area contributed by atoms with E-state index in [1.54, 1.807) is 0 Å². The van der Waals surface area contributed by atoms with E-state index in [1.165, 1.54) is 14.0 Å². The minimum atomic E-state index is -1.16. The van der Waals surface area contributed by atoms with Gasteiger partial charge in [-0.15, -0.1) is 0 Å². The molecular weight excluding hydrogens is 267 g/mol. The SMILES string of the molecule is CC(C(=O)O)N(C)c1cc(Cl)c(F)cc1[N+](=O)[O-]. The van der Waals surface area contributed by atoms with Gasteiger partial charge in [-0.3, -0.25) is 10.1 Å². The third-order valence-corrected chi connectivity index (χ3v) is 2.82. The number of carbonyl (C=O) groups is 1. The predicted molar refractivity (Wildman–Crippen MR) is 63.6 cm³/mol. The summed E-state index contributed by atoms with van der Waals surface area (Å²) in [6, 6.07) is 0.697. The van der Waals surface area contributed by atoms with Crippen molar-refractivity contribution in [3.05, 3.63) is 33.1 Å². The molecule has 1 rings (SSSR count). The summed E-state index contributed by atoms with van der Waals surface area (Å²) in [6.07, 6.45) is 0. The molecule has 0 saturated heterocycles. The zero-order valence-corrected chi connectivity index (χ0v) is 10.3. The second-order valence-corrected chi connectivity index (χ2v) is 4.04. The molecule has 0 spiro atoms. The number of halogens is 2. The van der Waals surface area contributed by atoms with Gasteiger partial charge in [0.1, 0.15) is 17.5 Å². The standard InChI is InChI=1S/C10H10ClFN2O4/c1-5(10(15)16)13(2)8-3-6(11)7(12)4-9(8)14(17)18/h3-5H,1-2H3,(H,15,16). The Balaban J connectivity index is 3.34. The van der Waals surface area contributed by atoms with Crippen molar-refractivity contribution < 1.29 is 19.2 Å². The maximum atomic E-state index is 13.2. The number of nitrogens with zero attached hydrogens (tertiary/aromatic N) is 2. The summed E-state index contributed by atoms with van der Waals surface area (Å²) >= 11 is 5.55. The molecule has 1 atom stereocenters. The first-order valence-corrected chi connectivity index (χ1v) is 5.22. The zero-order valence-electron chi connectivity index (χ0n) is 9.55. The van der Waals surface area contributed by atoms with E-state index in [0.29, 0.717) is 6.07 Å². The zero-order chi connectivity index (χ0) is 14.0. The molecule has 0 aliphatic rings. The number of carboxylic acid groups (broad SMARTS) is 1. The molecule has 8 heteroatoms. The highest BCUT2D eigenvalue weighted by Gasteiger charge is 2.26. The number of hydrogen-bond acceptors (Lipinski definition) is 4. The van der Waals surface area contributed by atoms with Gasteiger partial charge in [0, 0.05) is 7.05 Å². The fourth-order valence-electron chi connectivity index (χ4n) is 1.33. The molecule has 98 valence electrons. The quantitative estimate of drug-likeness (QED) is 0.674. The van der Waals surface area contributed by atoms with Crippen molar-refractivity contribution in [1.82, 2.24) is 0 Å².